The molecule has 0 aromatic heterocycles. The van der Waals surface area contributed by atoms with Gasteiger partial charge in [0.25, 0.3) is 6.43 Å². The van der Waals surface area contributed by atoms with Gasteiger partial charge in [-0.3, -0.25) is 5.41 Å². The third kappa shape index (κ3) is 6.38. The summed E-state index contributed by atoms with van der Waals surface area (Å²) in [5, 5.41) is 7.34. The Bertz CT molecular complexity index is 205. The third-order valence-electron chi connectivity index (χ3n) is 2.52. The molecule has 0 saturated carbocycles. The summed E-state index contributed by atoms with van der Waals surface area (Å²) >= 11 is 0. The molecule has 0 aromatic carbocycles. The molecule has 0 fully saturated rings. The lowest BCUT2D eigenvalue weighted by Gasteiger charge is -2.24. The predicted octanol–water partition coefficient (Wildman–Crippen LogP) is 1.93. The standard InChI is InChI=1S/C10H21F2N3/c1-10(2,9(13)14)5-4-6-15(3)7-8(11)12/h8H,4-7H2,1-3H3,(H3,13,14). The highest BCUT2D eigenvalue weighted by Gasteiger charge is 2.21. The highest BCUT2D eigenvalue weighted by molar-refractivity contribution is 5.82. The topological polar surface area (TPSA) is 53.1 Å². The summed E-state index contributed by atoms with van der Waals surface area (Å²) in [5.74, 6) is 0.152. The fourth-order valence-corrected chi connectivity index (χ4v) is 1.25. The van der Waals surface area contributed by atoms with Gasteiger partial charge in [-0.2, -0.15) is 0 Å². The number of alkyl halides is 2. The minimum atomic E-state index is -2.28. The molecule has 0 spiro atoms. The van der Waals surface area contributed by atoms with Crippen LogP contribution in [0.4, 0.5) is 8.78 Å². The van der Waals surface area contributed by atoms with Crippen LogP contribution in [-0.4, -0.2) is 37.3 Å². The Morgan fingerprint density at radius 1 is 1.47 bits per heavy atom. The number of amidine groups is 1. The van der Waals surface area contributed by atoms with Gasteiger partial charge in [0.2, 0.25) is 0 Å². The van der Waals surface area contributed by atoms with Crippen molar-refractivity contribution < 1.29 is 8.78 Å². The molecule has 3 N–H and O–H groups in total. The Balaban J connectivity index is 3.74. The van der Waals surface area contributed by atoms with Gasteiger partial charge in [-0.15, -0.1) is 0 Å². The van der Waals surface area contributed by atoms with Crippen molar-refractivity contribution in [3.8, 4) is 0 Å². The fourth-order valence-electron chi connectivity index (χ4n) is 1.25. The van der Waals surface area contributed by atoms with E-state index in [0.717, 1.165) is 12.8 Å². The van der Waals surface area contributed by atoms with E-state index in [1.165, 1.54) is 0 Å². The number of hydrogen-bond acceptors (Lipinski definition) is 2. The van der Waals surface area contributed by atoms with Gasteiger partial charge < -0.3 is 10.6 Å². The molecular weight excluding hydrogens is 200 g/mol. The Labute approximate surface area is 90.1 Å². The second kappa shape index (κ2) is 6.00. The Kier molecular flexibility index (Phi) is 5.72. The average Bonchev–Trinajstić information content (AvgIpc) is 2.01. The van der Waals surface area contributed by atoms with Crippen molar-refractivity contribution in [3.05, 3.63) is 0 Å². The zero-order valence-corrected chi connectivity index (χ0v) is 9.69. The van der Waals surface area contributed by atoms with E-state index in [4.69, 9.17) is 11.1 Å². The zero-order valence-electron chi connectivity index (χ0n) is 9.69. The van der Waals surface area contributed by atoms with E-state index in [0.29, 0.717) is 6.54 Å². The predicted molar refractivity (Wildman–Crippen MR) is 58.4 cm³/mol. The lowest BCUT2D eigenvalue weighted by molar-refractivity contribution is 0.0988. The van der Waals surface area contributed by atoms with Crippen molar-refractivity contribution in [1.82, 2.24) is 4.90 Å². The first-order valence-electron chi connectivity index (χ1n) is 5.07. The molecule has 0 atom stereocenters. The number of halogens is 2. The SMILES string of the molecule is CN(CCCC(C)(C)C(=N)N)CC(F)F. The number of hydrogen-bond donors (Lipinski definition) is 2. The summed E-state index contributed by atoms with van der Waals surface area (Å²) in [6, 6.07) is 0. The van der Waals surface area contributed by atoms with Crippen molar-refractivity contribution in [1.29, 1.82) is 5.41 Å². The number of nitrogens with one attached hydrogen (secondary N) is 1. The van der Waals surface area contributed by atoms with Gasteiger partial charge in [-0.05, 0) is 26.4 Å². The first-order valence-corrected chi connectivity index (χ1v) is 5.07. The summed E-state index contributed by atoms with van der Waals surface area (Å²) in [6.07, 6.45) is -0.762. The van der Waals surface area contributed by atoms with E-state index in [1.807, 2.05) is 13.8 Å². The van der Waals surface area contributed by atoms with Crippen LogP contribution in [-0.2, 0) is 0 Å². The van der Waals surface area contributed by atoms with Crippen molar-refractivity contribution in [2.75, 3.05) is 20.1 Å². The second-order valence-electron chi connectivity index (χ2n) is 4.55. The van der Waals surface area contributed by atoms with Crippen LogP contribution >= 0.6 is 0 Å². The molecule has 0 heterocycles. The molecule has 3 nitrogen and oxygen atoms in total. The molecule has 0 amide bonds. The van der Waals surface area contributed by atoms with Gasteiger partial charge in [0.1, 0.15) is 0 Å². The monoisotopic (exact) mass is 221 g/mol. The van der Waals surface area contributed by atoms with Gasteiger partial charge >= 0.3 is 0 Å². The minimum Gasteiger partial charge on any atom is -0.387 e. The Morgan fingerprint density at radius 2 is 2.00 bits per heavy atom. The van der Waals surface area contributed by atoms with Crippen LogP contribution in [0.25, 0.3) is 0 Å². The van der Waals surface area contributed by atoms with Gasteiger partial charge in [0.15, 0.2) is 0 Å². The van der Waals surface area contributed by atoms with Crippen LogP contribution in [0.1, 0.15) is 26.7 Å². The molecule has 0 bridgehead atoms. The summed E-state index contributed by atoms with van der Waals surface area (Å²) in [4.78, 5) is 1.60. The number of nitrogens with two attached hydrogens (primary N) is 1. The smallest absolute Gasteiger partial charge is 0.251 e. The van der Waals surface area contributed by atoms with Gasteiger partial charge in [0.05, 0.1) is 12.4 Å². The number of rotatable bonds is 7. The molecular formula is C10H21F2N3. The van der Waals surface area contributed by atoms with Crippen LogP contribution in [0.15, 0.2) is 0 Å². The Morgan fingerprint density at radius 3 is 2.40 bits per heavy atom. The molecule has 0 aliphatic carbocycles. The highest BCUT2D eigenvalue weighted by Crippen LogP contribution is 2.21. The van der Waals surface area contributed by atoms with Crippen LogP contribution in [0, 0.1) is 10.8 Å². The maximum atomic E-state index is 12.0. The summed E-state index contributed by atoms with van der Waals surface area (Å²) < 4.78 is 24.0. The van der Waals surface area contributed by atoms with Crippen molar-refractivity contribution in [2.45, 2.75) is 33.1 Å². The molecule has 5 heteroatoms. The summed E-state index contributed by atoms with van der Waals surface area (Å²) in [5.41, 5.74) is 5.09. The van der Waals surface area contributed by atoms with Gasteiger partial charge in [-0.25, -0.2) is 8.78 Å². The second-order valence-corrected chi connectivity index (χ2v) is 4.55. The first kappa shape index (κ1) is 14.3. The van der Waals surface area contributed by atoms with Crippen LogP contribution in [0.5, 0.6) is 0 Å². The lowest BCUT2D eigenvalue weighted by atomic mass is 9.86. The molecule has 0 rings (SSSR count). The minimum absolute atomic E-state index is 0.152. The lowest BCUT2D eigenvalue weighted by Crippen LogP contribution is -2.32. The molecule has 0 aromatic rings. The third-order valence-corrected chi connectivity index (χ3v) is 2.52. The molecule has 0 unspecified atom stereocenters. The van der Waals surface area contributed by atoms with E-state index >= 15 is 0 Å². The van der Waals surface area contributed by atoms with E-state index in [9.17, 15) is 8.78 Å². The van der Waals surface area contributed by atoms with Gasteiger partial charge in [0, 0.05) is 5.41 Å². The van der Waals surface area contributed by atoms with Crippen molar-refractivity contribution >= 4 is 5.84 Å². The molecule has 0 saturated heterocycles. The van der Waals surface area contributed by atoms with E-state index in [-0.39, 0.29) is 17.8 Å². The van der Waals surface area contributed by atoms with Crippen LogP contribution in [0.2, 0.25) is 0 Å². The van der Waals surface area contributed by atoms with E-state index in [2.05, 4.69) is 0 Å². The van der Waals surface area contributed by atoms with E-state index < -0.39 is 6.43 Å². The van der Waals surface area contributed by atoms with E-state index in [1.54, 1.807) is 11.9 Å². The average molecular weight is 221 g/mol. The highest BCUT2D eigenvalue weighted by atomic mass is 19.3. The summed E-state index contributed by atoms with van der Waals surface area (Å²) in [7, 11) is 1.67. The normalized spacial score (nSPS) is 12.5. The first-order chi connectivity index (χ1) is 6.75. The summed E-state index contributed by atoms with van der Waals surface area (Å²) in [6.45, 7) is 4.20. The molecule has 0 aliphatic rings. The van der Waals surface area contributed by atoms with Crippen molar-refractivity contribution in [2.24, 2.45) is 11.1 Å². The van der Waals surface area contributed by atoms with Crippen LogP contribution < -0.4 is 5.73 Å². The van der Waals surface area contributed by atoms with Crippen molar-refractivity contribution in [3.63, 3.8) is 0 Å². The Hall–Kier alpha value is -0.710. The molecule has 90 valence electrons. The zero-order chi connectivity index (χ0) is 12.1. The quantitative estimate of drug-likeness (QED) is 0.510. The largest absolute Gasteiger partial charge is 0.387 e. The number of nitrogens with zero attached hydrogens (tertiary/aromatic N) is 1. The van der Waals surface area contributed by atoms with Crippen LogP contribution in [0.3, 0.4) is 0 Å². The maximum Gasteiger partial charge on any atom is 0.251 e. The molecule has 0 radical (unpaired) electrons. The molecule has 15 heavy (non-hydrogen) atoms. The fraction of sp³-hybridized carbons (Fsp3) is 0.900. The molecule has 0 aliphatic heterocycles. The maximum absolute atomic E-state index is 12.0. The van der Waals surface area contributed by atoms with Gasteiger partial charge in [-0.1, -0.05) is 13.8 Å².